The van der Waals surface area contributed by atoms with Crippen LogP contribution in [0.5, 0.6) is 0 Å². The summed E-state index contributed by atoms with van der Waals surface area (Å²) in [6, 6.07) is 0. The van der Waals surface area contributed by atoms with Gasteiger partial charge in [-0.25, -0.2) is 4.79 Å². The van der Waals surface area contributed by atoms with Gasteiger partial charge in [-0.2, -0.15) is 9.61 Å². The monoisotopic (exact) mass is 206 g/mol. The molecule has 0 atom stereocenters. The van der Waals surface area contributed by atoms with Crippen molar-refractivity contribution in [2.45, 2.75) is 13.8 Å². The van der Waals surface area contributed by atoms with Gasteiger partial charge in [0.15, 0.2) is 11.5 Å². The van der Waals surface area contributed by atoms with Crippen molar-refractivity contribution in [1.82, 2.24) is 19.8 Å². The first-order chi connectivity index (χ1) is 7.15. The van der Waals surface area contributed by atoms with Gasteiger partial charge in [0.2, 0.25) is 0 Å². The van der Waals surface area contributed by atoms with Crippen molar-refractivity contribution in [2.75, 3.05) is 7.11 Å². The number of hydrogen-bond acceptors (Lipinski definition) is 5. The summed E-state index contributed by atoms with van der Waals surface area (Å²) >= 11 is 0. The van der Waals surface area contributed by atoms with Crippen LogP contribution < -0.4 is 0 Å². The molecule has 0 aliphatic carbocycles. The quantitative estimate of drug-likeness (QED) is 0.636. The van der Waals surface area contributed by atoms with Crippen LogP contribution in [-0.2, 0) is 4.74 Å². The lowest BCUT2D eigenvalue weighted by molar-refractivity contribution is 0.0599. The lowest BCUT2D eigenvalue weighted by Gasteiger charge is -2.03. The van der Waals surface area contributed by atoms with Gasteiger partial charge in [-0.15, -0.1) is 10.2 Å². The van der Waals surface area contributed by atoms with E-state index in [-0.39, 0.29) is 0 Å². The minimum absolute atomic E-state index is 0.414. The van der Waals surface area contributed by atoms with E-state index in [1.54, 1.807) is 18.4 Å². The molecule has 0 aliphatic heterocycles. The van der Waals surface area contributed by atoms with Crippen molar-refractivity contribution < 1.29 is 9.53 Å². The molecule has 2 aromatic rings. The van der Waals surface area contributed by atoms with Gasteiger partial charge < -0.3 is 4.74 Å². The molecule has 0 amide bonds. The summed E-state index contributed by atoms with van der Waals surface area (Å²) in [5.41, 5.74) is 1.71. The van der Waals surface area contributed by atoms with Crippen LogP contribution in [0.3, 0.4) is 0 Å². The van der Waals surface area contributed by atoms with E-state index < -0.39 is 5.97 Å². The molecule has 2 heterocycles. The normalized spacial score (nSPS) is 10.6. The molecule has 2 rings (SSSR count). The maximum atomic E-state index is 11.4. The lowest BCUT2D eigenvalue weighted by Crippen LogP contribution is -2.08. The Balaban J connectivity index is 2.71. The second-order valence-electron chi connectivity index (χ2n) is 3.16. The van der Waals surface area contributed by atoms with Gasteiger partial charge in [0.1, 0.15) is 0 Å². The third-order valence-electron chi connectivity index (χ3n) is 2.24. The number of aryl methyl sites for hydroxylation is 2. The van der Waals surface area contributed by atoms with Crippen molar-refractivity contribution in [2.24, 2.45) is 0 Å². The Morgan fingerprint density at radius 1 is 1.40 bits per heavy atom. The fourth-order valence-corrected chi connectivity index (χ4v) is 1.38. The van der Waals surface area contributed by atoms with Crippen LogP contribution in [0.4, 0.5) is 0 Å². The molecule has 0 unspecified atom stereocenters. The van der Waals surface area contributed by atoms with Crippen LogP contribution >= 0.6 is 0 Å². The third kappa shape index (κ3) is 1.34. The van der Waals surface area contributed by atoms with Gasteiger partial charge in [0.25, 0.3) is 0 Å². The molecule has 0 spiro atoms. The van der Waals surface area contributed by atoms with Crippen molar-refractivity contribution in [3.05, 3.63) is 23.1 Å². The number of methoxy groups -OCH3 is 1. The summed E-state index contributed by atoms with van der Waals surface area (Å²) in [6.07, 6.45) is 1.46. The highest BCUT2D eigenvalue weighted by Crippen LogP contribution is 2.13. The second-order valence-corrected chi connectivity index (χ2v) is 3.16. The molecule has 0 aliphatic rings. The first-order valence-electron chi connectivity index (χ1n) is 4.41. The number of carbonyl (C=O) groups excluding carboxylic acids is 1. The first kappa shape index (κ1) is 9.57. The van der Waals surface area contributed by atoms with E-state index in [0.717, 1.165) is 5.56 Å². The first-order valence-corrected chi connectivity index (χ1v) is 4.41. The van der Waals surface area contributed by atoms with Crippen LogP contribution in [0, 0.1) is 13.8 Å². The number of aromatic nitrogens is 4. The average molecular weight is 206 g/mol. The Morgan fingerprint density at radius 2 is 2.13 bits per heavy atom. The summed E-state index contributed by atoms with van der Waals surface area (Å²) in [5, 5.41) is 11.9. The van der Waals surface area contributed by atoms with Gasteiger partial charge in [0, 0.05) is 5.56 Å². The summed E-state index contributed by atoms with van der Waals surface area (Å²) in [7, 11) is 1.33. The Morgan fingerprint density at radius 3 is 2.80 bits per heavy atom. The van der Waals surface area contributed by atoms with Gasteiger partial charge in [-0.1, -0.05) is 0 Å². The highest BCUT2D eigenvalue weighted by atomic mass is 16.5. The molecule has 0 saturated carbocycles. The number of ether oxygens (including phenoxy) is 1. The molecule has 6 heteroatoms. The highest BCUT2D eigenvalue weighted by molar-refractivity contribution is 5.92. The Labute approximate surface area is 85.9 Å². The summed E-state index contributed by atoms with van der Waals surface area (Å²) < 4.78 is 6.22. The molecule has 0 fully saturated rings. The molecule has 15 heavy (non-hydrogen) atoms. The predicted molar refractivity (Wildman–Crippen MR) is 51.6 cm³/mol. The van der Waals surface area contributed by atoms with E-state index in [1.165, 1.54) is 13.3 Å². The summed E-state index contributed by atoms with van der Waals surface area (Å²) in [6.45, 7) is 3.58. The zero-order valence-corrected chi connectivity index (χ0v) is 8.68. The van der Waals surface area contributed by atoms with Gasteiger partial charge in [0.05, 0.1) is 18.9 Å². The smallest absolute Gasteiger partial charge is 0.339 e. The molecular weight excluding hydrogens is 196 g/mol. The fraction of sp³-hybridized carbons (Fsp3) is 0.333. The van der Waals surface area contributed by atoms with E-state index in [2.05, 4.69) is 20.0 Å². The van der Waals surface area contributed by atoms with Crippen molar-refractivity contribution in [1.29, 1.82) is 0 Å². The van der Waals surface area contributed by atoms with Crippen molar-refractivity contribution in [3.63, 3.8) is 0 Å². The lowest BCUT2D eigenvalue weighted by atomic mass is 10.2. The predicted octanol–water partition coefficient (Wildman–Crippen LogP) is 0.528. The minimum atomic E-state index is -0.414. The Bertz CT molecular complexity index is 532. The van der Waals surface area contributed by atoms with Gasteiger partial charge in [-0.05, 0) is 13.8 Å². The van der Waals surface area contributed by atoms with Gasteiger partial charge >= 0.3 is 5.97 Å². The SMILES string of the molecule is COC(=O)c1cnn2c(C)nnc2c1C. The zero-order chi connectivity index (χ0) is 11.0. The number of nitrogens with zero attached hydrogens (tertiary/aromatic N) is 4. The van der Waals surface area contributed by atoms with E-state index in [9.17, 15) is 4.79 Å². The number of fused-ring (bicyclic) bond motifs is 1. The maximum absolute atomic E-state index is 11.4. The Hall–Kier alpha value is -1.98. The number of esters is 1. The number of carbonyl (C=O) groups is 1. The van der Waals surface area contributed by atoms with E-state index in [1.807, 2.05) is 0 Å². The molecule has 2 aromatic heterocycles. The van der Waals surface area contributed by atoms with Crippen molar-refractivity contribution >= 4 is 11.6 Å². The van der Waals surface area contributed by atoms with Crippen molar-refractivity contribution in [3.8, 4) is 0 Å². The fourth-order valence-electron chi connectivity index (χ4n) is 1.38. The molecule has 78 valence electrons. The highest BCUT2D eigenvalue weighted by Gasteiger charge is 2.15. The number of hydrogen-bond donors (Lipinski definition) is 0. The topological polar surface area (TPSA) is 69.4 Å². The molecule has 0 radical (unpaired) electrons. The zero-order valence-electron chi connectivity index (χ0n) is 8.68. The van der Waals surface area contributed by atoms with Crippen LogP contribution in [0.1, 0.15) is 21.7 Å². The van der Waals surface area contributed by atoms with Crippen LogP contribution in [0.15, 0.2) is 6.20 Å². The van der Waals surface area contributed by atoms with Crippen LogP contribution in [-0.4, -0.2) is 32.9 Å². The second kappa shape index (κ2) is 3.30. The van der Waals surface area contributed by atoms with Gasteiger partial charge in [-0.3, -0.25) is 0 Å². The molecular formula is C9H10N4O2. The van der Waals surface area contributed by atoms with Crippen LogP contribution in [0.2, 0.25) is 0 Å². The summed E-state index contributed by atoms with van der Waals surface area (Å²) in [5.74, 6) is 0.271. The minimum Gasteiger partial charge on any atom is -0.465 e. The third-order valence-corrected chi connectivity index (χ3v) is 2.24. The maximum Gasteiger partial charge on any atom is 0.339 e. The molecule has 6 nitrogen and oxygen atoms in total. The van der Waals surface area contributed by atoms with Crippen LogP contribution in [0.25, 0.3) is 5.65 Å². The number of rotatable bonds is 1. The van der Waals surface area contributed by atoms with E-state index in [0.29, 0.717) is 17.0 Å². The molecule has 0 N–H and O–H groups in total. The molecule has 0 bridgehead atoms. The summed E-state index contributed by atoms with van der Waals surface area (Å²) in [4.78, 5) is 11.4. The van der Waals surface area contributed by atoms with E-state index in [4.69, 9.17) is 0 Å². The largest absolute Gasteiger partial charge is 0.465 e. The average Bonchev–Trinajstić information content (AvgIpc) is 2.61. The Kier molecular flexibility index (Phi) is 2.11. The van der Waals surface area contributed by atoms with E-state index >= 15 is 0 Å². The molecule has 0 saturated heterocycles. The standard InChI is InChI=1S/C9H10N4O2/c1-5-7(9(14)15-3)4-10-13-6(2)11-12-8(5)13/h4H,1-3H3. The molecule has 0 aromatic carbocycles.